The molecule has 4 rings (SSSR count). The van der Waals surface area contributed by atoms with Crippen LogP contribution in [0.2, 0.25) is 0 Å². The maximum Gasteiger partial charge on any atom is 0.257 e. The number of rotatable bonds is 4. The third-order valence-electron chi connectivity index (χ3n) is 4.77. The highest BCUT2D eigenvalue weighted by Gasteiger charge is 2.24. The van der Waals surface area contributed by atoms with Gasteiger partial charge in [0.15, 0.2) is 0 Å². The topological polar surface area (TPSA) is 75.6 Å². The number of amides is 1. The Labute approximate surface area is 151 Å². The van der Waals surface area contributed by atoms with Crippen molar-refractivity contribution in [3.63, 3.8) is 0 Å². The molecule has 7 heteroatoms. The van der Waals surface area contributed by atoms with E-state index in [9.17, 15) is 4.79 Å². The molecular formula is C19H22N4O3. The van der Waals surface area contributed by atoms with Crippen molar-refractivity contribution in [2.45, 2.75) is 26.3 Å². The Morgan fingerprint density at radius 3 is 2.77 bits per heavy atom. The molecule has 3 aromatic rings. The summed E-state index contributed by atoms with van der Waals surface area (Å²) in [5, 5.41) is 4.90. The van der Waals surface area contributed by atoms with Crippen LogP contribution < -0.4 is 0 Å². The molecule has 0 bridgehead atoms. The molecule has 0 aromatic carbocycles. The minimum Gasteiger partial charge on any atom is -0.468 e. The Morgan fingerprint density at radius 2 is 2.08 bits per heavy atom. The SMILES string of the molecule is CC(C)c1noc2ncc(C(=O)N3CCN(Cc4ccco4)CC3)cc12. The second kappa shape index (κ2) is 6.92. The number of nitrogens with zero attached hydrogens (tertiary/aromatic N) is 4. The van der Waals surface area contributed by atoms with Crippen molar-refractivity contribution >= 4 is 17.0 Å². The standard InChI is InChI=1S/C19H22N4O3/c1-13(2)17-16-10-14(11-20-18(16)26-21-17)19(24)23-7-5-22(6-8-23)12-15-4-3-9-25-15/h3-4,9-11,13H,5-8,12H2,1-2H3. The van der Waals surface area contributed by atoms with Crippen molar-refractivity contribution in [3.8, 4) is 0 Å². The van der Waals surface area contributed by atoms with Crippen molar-refractivity contribution in [1.82, 2.24) is 19.9 Å². The molecule has 0 spiro atoms. The molecule has 0 aliphatic carbocycles. The zero-order chi connectivity index (χ0) is 18.1. The molecule has 0 radical (unpaired) electrons. The smallest absolute Gasteiger partial charge is 0.257 e. The van der Waals surface area contributed by atoms with Crippen LogP contribution in [0, 0.1) is 0 Å². The lowest BCUT2D eigenvalue weighted by Gasteiger charge is -2.34. The summed E-state index contributed by atoms with van der Waals surface area (Å²) in [5.74, 6) is 1.18. The first kappa shape index (κ1) is 16.8. The van der Waals surface area contributed by atoms with Gasteiger partial charge in [-0.1, -0.05) is 19.0 Å². The van der Waals surface area contributed by atoms with Crippen molar-refractivity contribution in [2.75, 3.05) is 26.2 Å². The molecule has 0 atom stereocenters. The molecule has 0 saturated carbocycles. The van der Waals surface area contributed by atoms with Crippen molar-refractivity contribution < 1.29 is 13.7 Å². The zero-order valence-electron chi connectivity index (χ0n) is 15.0. The number of pyridine rings is 1. The maximum atomic E-state index is 12.9. The van der Waals surface area contributed by atoms with E-state index in [0.717, 1.165) is 36.5 Å². The van der Waals surface area contributed by atoms with E-state index in [1.807, 2.05) is 36.9 Å². The number of fused-ring (bicyclic) bond motifs is 1. The summed E-state index contributed by atoms with van der Waals surface area (Å²) in [6.07, 6.45) is 3.27. The van der Waals surface area contributed by atoms with Gasteiger partial charge in [0, 0.05) is 32.4 Å². The van der Waals surface area contributed by atoms with Crippen molar-refractivity contribution in [1.29, 1.82) is 0 Å². The lowest BCUT2D eigenvalue weighted by molar-refractivity contribution is 0.0620. The predicted octanol–water partition coefficient (Wildman–Crippen LogP) is 2.90. The number of carbonyl (C=O) groups excluding carboxylic acids is 1. The summed E-state index contributed by atoms with van der Waals surface area (Å²) in [4.78, 5) is 21.3. The fourth-order valence-electron chi connectivity index (χ4n) is 3.30. The molecule has 0 unspecified atom stereocenters. The minimum atomic E-state index is 0.00737. The third-order valence-corrected chi connectivity index (χ3v) is 4.77. The average molecular weight is 354 g/mol. The normalized spacial score (nSPS) is 15.9. The minimum absolute atomic E-state index is 0.00737. The van der Waals surface area contributed by atoms with E-state index in [4.69, 9.17) is 8.94 Å². The van der Waals surface area contributed by atoms with Crippen LogP contribution in [-0.4, -0.2) is 52.0 Å². The van der Waals surface area contributed by atoms with Crippen LogP contribution in [0.25, 0.3) is 11.1 Å². The number of hydrogen-bond acceptors (Lipinski definition) is 6. The molecular weight excluding hydrogens is 332 g/mol. The Balaban J connectivity index is 1.45. The van der Waals surface area contributed by atoms with Gasteiger partial charge in [-0.2, -0.15) is 0 Å². The molecule has 1 aliphatic rings. The third kappa shape index (κ3) is 3.22. The summed E-state index contributed by atoms with van der Waals surface area (Å²) in [6.45, 7) is 7.91. The maximum absolute atomic E-state index is 12.9. The molecule has 1 aliphatic heterocycles. The van der Waals surface area contributed by atoms with Crippen molar-refractivity contribution in [2.24, 2.45) is 0 Å². The van der Waals surface area contributed by atoms with Gasteiger partial charge in [0.2, 0.25) is 0 Å². The number of aromatic nitrogens is 2. The molecule has 0 N–H and O–H groups in total. The predicted molar refractivity (Wildman–Crippen MR) is 95.8 cm³/mol. The largest absolute Gasteiger partial charge is 0.468 e. The van der Waals surface area contributed by atoms with Crippen LogP contribution in [-0.2, 0) is 6.54 Å². The molecule has 1 amide bonds. The summed E-state index contributed by atoms with van der Waals surface area (Å²) in [5.41, 5.74) is 1.90. The van der Waals surface area contributed by atoms with E-state index in [0.29, 0.717) is 24.4 Å². The van der Waals surface area contributed by atoms with Gasteiger partial charge >= 0.3 is 0 Å². The number of piperazine rings is 1. The number of furan rings is 1. The van der Waals surface area contributed by atoms with Crippen LogP contribution in [0.15, 0.2) is 39.6 Å². The first-order valence-corrected chi connectivity index (χ1v) is 8.91. The number of carbonyl (C=O) groups is 1. The molecule has 3 aromatic heterocycles. The zero-order valence-corrected chi connectivity index (χ0v) is 15.0. The fraction of sp³-hybridized carbons (Fsp3) is 0.421. The highest BCUT2D eigenvalue weighted by Crippen LogP contribution is 2.24. The fourth-order valence-corrected chi connectivity index (χ4v) is 3.30. The monoisotopic (exact) mass is 354 g/mol. The molecule has 136 valence electrons. The lowest BCUT2D eigenvalue weighted by atomic mass is 10.1. The van der Waals surface area contributed by atoms with Crippen LogP contribution in [0.1, 0.15) is 41.6 Å². The first-order valence-electron chi connectivity index (χ1n) is 8.91. The van der Waals surface area contributed by atoms with Crippen LogP contribution >= 0.6 is 0 Å². The van der Waals surface area contributed by atoms with Gasteiger partial charge in [-0.15, -0.1) is 0 Å². The van der Waals surface area contributed by atoms with Gasteiger partial charge in [0.25, 0.3) is 11.6 Å². The second-order valence-electron chi connectivity index (χ2n) is 6.95. The van der Waals surface area contributed by atoms with Crippen LogP contribution in [0.3, 0.4) is 0 Å². The van der Waals surface area contributed by atoms with E-state index in [-0.39, 0.29) is 11.8 Å². The van der Waals surface area contributed by atoms with Gasteiger partial charge in [0.05, 0.1) is 29.5 Å². The highest BCUT2D eigenvalue weighted by atomic mass is 16.5. The quantitative estimate of drug-likeness (QED) is 0.717. The van der Waals surface area contributed by atoms with Gasteiger partial charge in [0.1, 0.15) is 5.76 Å². The van der Waals surface area contributed by atoms with Gasteiger partial charge in [-0.3, -0.25) is 9.69 Å². The number of hydrogen-bond donors (Lipinski definition) is 0. The van der Waals surface area contributed by atoms with E-state index in [2.05, 4.69) is 15.0 Å². The molecule has 1 saturated heterocycles. The summed E-state index contributed by atoms with van der Waals surface area (Å²) in [7, 11) is 0. The molecule has 7 nitrogen and oxygen atoms in total. The van der Waals surface area contributed by atoms with Crippen LogP contribution in [0.5, 0.6) is 0 Å². The van der Waals surface area contributed by atoms with Gasteiger partial charge < -0.3 is 13.8 Å². The molecule has 26 heavy (non-hydrogen) atoms. The van der Waals surface area contributed by atoms with E-state index in [1.165, 1.54) is 0 Å². The molecule has 1 fully saturated rings. The Kier molecular flexibility index (Phi) is 4.46. The van der Waals surface area contributed by atoms with E-state index in [1.54, 1.807) is 12.5 Å². The van der Waals surface area contributed by atoms with Crippen LogP contribution in [0.4, 0.5) is 0 Å². The van der Waals surface area contributed by atoms with E-state index < -0.39 is 0 Å². The Hall–Kier alpha value is -2.67. The van der Waals surface area contributed by atoms with Gasteiger partial charge in [-0.05, 0) is 24.1 Å². The highest BCUT2D eigenvalue weighted by molar-refractivity contribution is 5.97. The first-order chi connectivity index (χ1) is 12.6. The van der Waals surface area contributed by atoms with E-state index >= 15 is 0 Å². The lowest BCUT2D eigenvalue weighted by Crippen LogP contribution is -2.48. The summed E-state index contributed by atoms with van der Waals surface area (Å²) >= 11 is 0. The summed E-state index contributed by atoms with van der Waals surface area (Å²) < 4.78 is 10.7. The Morgan fingerprint density at radius 1 is 1.27 bits per heavy atom. The van der Waals surface area contributed by atoms with Crippen molar-refractivity contribution in [3.05, 3.63) is 47.7 Å². The van der Waals surface area contributed by atoms with Gasteiger partial charge in [-0.25, -0.2) is 4.98 Å². The summed E-state index contributed by atoms with van der Waals surface area (Å²) in [6, 6.07) is 5.73. The Bertz CT molecular complexity index is 893. The second-order valence-corrected chi connectivity index (χ2v) is 6.95. The molecule has 4 heterocycles. The average Bonchev–Trinajstić information content (AvgIpc) is 3.30.